The van der Waals surface area contributed by atoms with Crippen molar-refractivity contribution in [3.05, 3.63) is 84.9 Å². The Morgan fingerprint density at radius 2 is 1.23 bits per heavy atom. The van der Waals surface area contributed by atoms with Crippen LogP contribution in [0, 0.1) is 0 Å². The molecule has 0 aliphatic heterocycles. The molecule has 0 unspecified atom stereocenters. The van der Waals surface area contributed by atoms with Gasteiger partial charge in [0, 0.05) is 10.9 Å². The zero-order chi connectivity index (χ0) is 17.8. The molecule has 0 bridgehead atoms. The maximum absolute atomic E-state index is 6.26. The van der Waals surface area contributed by atoms with Gasteiger partial charge in [0.25, 0.3) is 0 Å². The summed E-state index contributed by atoms with van der Waals surface area (Å²) < 4.78 is 18.1. The van der Waals surface area contributed by atoms with Gasteiger partial charge in [-0.05, 0) is 30.3 Å². The van der Waals surface area contributed by atoms with Crippen LogP contribution < -0.4 is 19.1 Å². The van der Waals surface area contributed by atoms with Gasteiger partial charge in [-0.3, -0.25) is 0 Å². The minimum absolute atomic E-state index is 0.657. The number of fused-ring (bicyclic) bond motifs is 1. The summed E-state index contributed by atoms with van der Waals surface area (Å²) in [4.78, 5) is 3.30. The molecule has 0 radical (unpaired) electrons. The molecule has 0 aliphatic rings. The van der Waals surface area contributed by atoms with Crippen LogP contribution in [0.25, 0.3) is 10.9 Å². The summed E-state index contributed by atoms with van der Waals surface area (Å²) in [6.45, 7) is 0. The molecule has 3 aromatic carbocycles. The van der Waals surface area contributed by atoms with Crippen molar-refractivity contribution in [3.63, 3.8) is 0 Å². The van der Waals surface area contributed by atoms with E-state index in [0.717, 1.165) is 27.7 Å². The molecule has 4 nitrogen and oxygen atoms in total. The average Bonchev–Trinajstić information content (AvgIpc) is 3.08. The zero-order valence-electron chi connectivity index (χ0n) is 14.3. The highest BCUT2D eigenvalue weighted by Crippen LogP contribution is 2.44. The predicted octanol–water partition coefficient (Wildman–Crippen LogP) is 5.27. The number of para-hydroxylation sites is 3. The third-order valence-electron chi connectivity index (χ3n) is 3.90. The lowest BCUT2D eigenvalue weighted by Crippen LogP contribution is -2.12. The minimum atomic E-state index is -1.45. The van der Waals surface area contributed by atoms with Crippen LogP contribution in [0.15, 0.2) is 84.9 Å². The van der Waals surface area contributed by atoms with E-state index in [-0.39, 0.29) is 0 Å². The third-order valence-corrected chi connectivity index (χ3v) is 5.46. The van der Waals surface area contributed by atoms with Gasteiger partial charge in [0.15, 0.2) is 0 Å². The lowest BCUT2D eigenvalue weighted by molar-refractivity contribution is 0.403. The molecule has 5 heteroatoms. The average molecular weight is 363 g/mol. The second-order valence-corrected chi connectivity index (χ2v) is 6.94. The molecule has 4 aromatic rings. The van der Waals surface area contributed by atoms with E-state index in [9.17, 15) is 0 Å². The molecular formula is C21H18NO3P. The Morgan fingerprint density at radius 1 is 0.692 bits per heavy atom. The Bertz CT molecular complexity index is 945. The summed E-state index contributed by atoms with van der Waals surface area (Å²) in [7, 11) is 0.192. The fraction of sp³-hybridized carbons (Fsp3) is 0.0476. The highest BCUT2D eigenvalue weighted by molar-refractivity contribution is 7.57. The topological polar surface area (TPSA) is 43.5 Å². The monoisotopic (exact) mass is 363 g/mol. The van der Waals surface area contributed by atoms with Crippen LogP contribution in [0.1, 0.15) is 0 Å². The Labute approximate surface area is 153 Å². The van der Waals surface area contributed by atoms with Crippen molar-refractivity contribution < 1.29 is 13.8 Å². The Hall–Kier alpha value is -2.97. The fourth-order valence-electron chi connectivity index (χ4n) is 2.70. The van der Waals surface area contributed by atoms with Crippen LogP contribution in [0.2, 0.25) is 0 Å². The van der Waals surface area contributed by atoms with Gasteiger partial charge in [-0.15, -0.1) is 0 Å². The van der Waals surface area contributed by atoms with Gasteiger partial charge in [-0.25, -0.2) is 0 Å². The van der Waals surface area contributed by atoms with Crippen LogP contribution in [0.4, 0.5) is 0 Å². The Balaban J connectivity index is 1.79. The molecular weight excluding hydrogens is 345 g/mol. The number of ether oxygens (including phenoxy) is 1. The lowest BCUT2D eigenvalue weighted by Gasteiger charge is -2.19. The Morgan fingerprint density at radius 3 is 1.81 bits per heavy atom. The van der Waals surface area contributed by atoms with Gasteiger partial charge in [0.1, 0.15) is 16.8 Å². The molecule has 1 N–H and O–H groups in total. The molecule has 0 aliphatic carbocycles. The summed E-state index contributed by atoms with van der Waals surface area (Å²) in [6, 6.07) is 27.4. The molecule has 0 spiro atoms. The summed E-state index contributed by atoms with van der Waals surface area (Å²) in [5.74, 6) is 2.16. The number of H-pyrrole nitrogens is 1. The second-order valence-electron chi connectivity index (χ2n) is 5.62. The van der Waals surface area contributed by atoms with Gasteiger partial charge < -0.3 is 18.8 Å². The second kappa shape index (κ2) is 7.51. The van der Waals surface area contributed by atoms with E-state index in [4.69, 9.17) is 13.8 Å². The van der Waals surface area contributed by atoms with Crippen LogP contribution in [0.5, 0.6) is 17.4 Å². The van der Waals surface area contributed by atoms with Gasteiger partial charge >= 0.3 is 8.38 Å². The van der Waals surface area contributed by atoms with Gasteiger partial charge in [0.05, 0.1) is 7.11 Å². The summed E-state index contributed by atoms with van der Waals surface area (Å²) in [5, 5.41) is 1.92. The van der Waals surface area contributed by atoms with Crippen molar-refractivity contribution in [2.24, 2.45) is 0 Å². The normalized spacial score (nSPS) is 10.8. The predicted molar refractivity (Wildman–Crippen MR) is 106 cm³/mol. The maximum atomic E-state index is 6.26. The van der Waals surface area contributed by atoms with Crippen LogP contribution in [-0.4, -0.2) is 12.1 Å². The van der Waals surface area contributed by atoms with E-state index >= 15 is 0 Å². The van der Waals surface area contributed by atoms with E-state index in [1.54, 1.807) is 7.11 Å². The number of rotatable bonds is 6. The number of hydrogen-bond acceptors (Lipinski definition) is 3. The molecule has 4 rings (SSSR count). The zero-order valence-corrected chi connectivity index (χ0v) is 15.1. The van der Waals surface area contributed by atoms with Crippen molar-refractivity contribution in [3.8, 4) is 17.4 Å². The molecule has 0 saturated carbocycles. The van der Waals surface area contributed by atoms with Crippen molar-refractivity contribution in [2.75, 3.05) is 7.11 Å². The summed E-state index contributed by atoms with van der Waals surface area (Å²) in [5.41, 5.74) is 0.986. The fourth-order valence-corrected chi connectivity index (χ4v) is 4.25. The molecule has 0 fully saturated rings. The number of benzene rings is 3. The molecule has 1 aromatic heterocycles. The third kappa shape index (κ3) is 3.37. The van der Waals surface area contributed by atoms with Gasteiger partial charge in [0.2, 0.25) is 5.88 Å². The largest absolute Gasteiger partial charge is 0.482 e. The number of aromatic amines is 1. The van der Waals surface area contributed by atoms with E-state index in [2.05, 4.69) is 4.98 Å². The first kappa shape index (κ1) is 16.5. The molecule has 0 atom stereocenters. The standard InChI is InChI=1S/C21H18NO3P/c1-23-21-20(18-14-8-9-15-19(18)22-21)26(24-16-10-4-2-5-11-16)25-17-12-6-3-7-13-17/h2-15,22H,1H3. The van der Waals surface area contributed by atoms with E-state index in [1.165, 1.54) is 0 Å². The Kier molecular flexibility index (Phi) is 4.76. The SMILES string of the molecule is COc1[nH]c2ccccc2c1P(Oc1ccccc1)Oc1ccccc1. The molecule has 26 heavy (non-hydrogen) atoms. The summed E-state index contributed by atoms with van der Waals surface area (Å²) >= 11 is 0. The highest BCUT2D eigenvalue weighted by atomic mass is 31.2. The van der Waals surface area contributed by atoms with E-state index < -0.39 is 8.38 Å². The smallest absolute Gasteiger partial charge is 0.332 e. The van der Waals surface area contributed by atoms with Crippen LogP contribution in [-0.2, 0) is 0 Å². The molecule has 0 amide bonds. The first-order chi connectivity index (χ1) is 12.8. The summed E-state index contributed by atoms with van der Waals surface area (Å²) in [6.07, 6.45) is 0. The number of aromatic nitrogens is 1. The van der Waals surface area contributed by atoms with Crippen molar-refractivity contribution in [2.45, 2.75) is 0 Å². The van der Waals surface area contributed by atoms with Gasteiger partial charge in [-0.1, -0.05) is 54.6 Å². The number of nitrogens with one attached hydrogen (secondary N) is 1. The maximum Gasteiger partial charge on any atom is 0.332 e. The highest BCUT2D eigenvalue weighted by Gasteiger charge is 2.27. The lowest BCUT2D eigenvalue weighted by atomic mass is 10.2. The quantitative estimate of drug-likeness (QED) is 0.475. The van der Waals surface area contributed by atoms with Crippen molar-refractivity contribution in [1.82, 2.24) is 4.98 Å². The van der Waals surface area contributed by atoms with Crippen molar-refractivity contribution >= 4 is 24.6 Å². The van der Waals surface area contributed by atoms with E-state index in [1.807, 2.05) is 84.9 Å². The molecule has 1 heterocycles. The molecule has 130 valence electrons. The first-order valence-corrected chi connectivity index (χ1v) is 9.44. The molecule has 0 saturated heterocycles. The van der Waals surface area contributed by atoms with E-state index in [0.29, 0.717) is 5.88 Å². The number of hydrogen-bond donors (Lipinski definition) is 1. The number of methoxy groups -OCH3 is 1. The van der Waals surface area contributed by atoms with Crippen LogP contribution in [0.3, 0.4) is 0 Å². The first-order valence-electron chi connectivity index (χ1n) is 8.26. The van der Waals surface area contributed by atoms with Crippen LogP contribution >= 0.6 is 8.38 Å². The van der Waals surface area contributed by atoms with Gasteiger partial charge in [-0.2, -0.15) is 0 Å². The van der Waals surface area contributed by atoms with Crippen molar-refractivity contribution in [1.29, 1.82) is 0 Å². The minimum Gasteiger partial charge on any atom is -0.482 e.